The molecule has 3 aromatic rings. The fourth-order valence-corrected chi connectivity index (χ4v) is 3.48. The largest absolute Gasteiger partial charge is 0.497 e. The zero-order valence-electron chi connectivity index (χ0n) is 15.5. The molecule has 2 heterocycles. The number of hydrogen-bond donors (Lipinski definition) is 0. The summed E-state index contributed by atoms with van der Waals surface area (Å²) in [5.41, 5.74) is 1.95. The number of carbonyl (C=O) groups excluding carboxylic acids is 1. The van der Waals surface area contributed by atoms with Crippen LogP contribution in [0.3, 0.4) is 0 Å². The standard InChI is InChI=1S/C21H20ClN3O3/c1-27-18-4-2-3-15(11-18)21-23-20(24-28-21)16-12-19(26)25(13-16)10-9-14-5-7-17(22)8-6-14/h2-8,11,16H,9-10,12-13H2,1H3. The van der Waals surface area contributed by atoms with E-state index >= 15 is 0 Å². The average molecular weight is 398 g/mol. The number of methoxy groups -OCH3 is 1. The summed E-state index contributed by atoms with van der Waals surface area (Å²) in [5.74, 6) is 1.79. The third-order valence-electron chi connectivity index (χ3n) is 4.92. The van der Waals surface area contributed by atoms with Gasteiger partial charge in [-0.15, -0.1) is 0 Å². The van der Waals surface area contributed by atoms with Crippen LogP contribution in [0.15, 0.2) is 53.1 Å². The van der Waals surface area contributed by atoms with Crippen LogP contribution in [0.1, 0.15) is 23.7 Å². The highest BCUT2D eigenvalue weighted by Crippen LogP contribution is 2.29. The SMILES string of the molecule is COc1cccc(-c2nc(C3CC(=O)N(CCc4ccc(Cl)cc4)C3)no2)c1. The van der Waals surface area contributed by atoms with Crippen LogP contribution in [0.2, 0.25) is 5.02 Å². The van der Waals surface area contributed by atoms with Gasteiger partial charge in [-0.25, -0.2) is 0 Å². The number of likely N-dealkylation sites (tertiary alicyclic amines) is 1. The summed E-state index contributed by atoms with van der Waals surface area (Å²) in [7, 11) is 1.61. The van der Waals surface area contributed by atoms with Crippen molar-refractivity contribution in [3.63, 3.8) is 0 Å². The Hall–Kier alpha value is -2.86. The van der Waals surface area contributed by atoms with Crippen molar-refractivity contribution in [1.82, 2.24) is 15.0 Å². The van der Waals surface area contributed by atoms with Gasteiger partial charge in [0.05, 0.1) is 7.11 Å². The lowest BCUT2D eigenvalue weighted by Gasteiger charge is -2.15. The molecule has 1 aliphatic rings. The molecule has 7 heteroatoms. The normalized spacial score (nSPS) is 16.6. The molecule has 144 valence electrons. The van der Waals surface area contributed by atoms with E-state index in [4.69, 9.17) is 20.9 Å². The highest BCUT2D eigenvalue weighted by molar-refractivity contribution is 6.30. The third-order valence-corrected chi connectivity index (χ3v) is 5.17. The summed E-state index contributed by atoms with van der Waals surface area (Å²) < 4.78 is 10.6. The maximum atomic E-state index is 12.4. The number of ether oxygens (including phenoxy) is 1. The predicted octanol–water partition coefficient (Wildman–Crippen LogP) is 3.96. The monoisotopic (exact) mass is 397 g/mol. The van der Waals surface area contributed by atoms with Gasteiger partial charge in [0.2, 0.25) is 5.91 Å². The zero-order valence-corrected chi connectivity index (χ0v) is 16.2. The summed E-state index contributed by atoms with van der Waals surface area (Å²) in [6.07, 6.45) is 1.19. The fraction of sp³-hybridized carbons (Fsp3) is 0.286. The van der Waals surface area contributed by atoms with E-state index in [2.05, 4.69) is 10.1 Å². The topological polar surface area (TPSA) is 68.5 Å². The first-order valence-corrected chi connectivity index (χ1v) is 9.50. The van der Waals surface area contributed by atoms with Crippen LogP contribution in [-0.4, -0.2) is 41.1 Å². The van der Waals surface area contributed by atoms with Gasteiger partial charge >= 0.3 is 0 Å². The fourth-order valence-electron chi connectivity index (χ4n) is 3.35. The Bertz CT molecular complexity index is 971. The first-order valence-electron chi connectivity index (χ1n) is 9.12. The lowest BCUT2D eigenvalue weighted by atomic mass is 10.1. The Morgan fingerprint density at radius 3 is 2.86 bits per heavy atom. The van der Waals surface area contributed by atoms with Gasteiger partial charge in [0.15, 0.2) is 5.82 Å². The van der Waals surface area contributed by atoms with E-state index in [1.165, 1.54) is 0 Å². The minimum atomic E-state index is -0.0548. The van der Waals surface area contributed by atoms with Crippen LogP contribution in [0.4, 0.5) is 0 Å². The molecule has 1 aromatic heterocycles. The van der Waals surface area contributed by atoms with E-state index in [-0.39, 0.29) is 11.8 Å². The summed E-state index contributed by atoms with van der Waals surface area (Å²) in [6.45, 7) is 1.26. The van der Waals surface area contributed by atoms with Crippen molar-refractivity contribution in [2.75, 3.05) is 20.2 Å². The second kappa shape index (κ2) is 8.02. The lowest BCUT2D eigenvalue weighted by Crippen LogP contribution is -2.27. The molecule has 1 saturated heterocycles. The molecule has 1 atom stereocenters. The number of amides is 1. The molecule has 4 rings (SSSR count). The molecular weight excluding hydrogens is 378 g/mol. The molecule has 0 radical (unpaired) electrons. The van der Waals surface area contributed by atoms with Crippen molar-refractivity contribution in [2.24, 2.45) is 0 Å². The molecule has 6 nitrogen and oxygen atoms in total. The number of halogens is 1. The Morgan fingerprint density at radius 2 is 2.07 bits per heavy atom. The molecule has 0 N–H and O–H groups in total. The van der Waals surface area contributed by atoms with Gasteiger partial charge in [-0.1, -0.05) is 35.0 Å². The second-order valence-corrected chi connectivity index (χ2v) is 7.24. The van der Waals surface area contributed by atoms with E-state index in [0.717, 1.165) is 23.3 Å². The first kappa shape index (κ1) is 18.5. The van der Waals surface area contributed by atoms with Crippen molar-refractivity contribution < 1.29 is 14.1 Å². The molecule has 1 unspecified atom stereocenters. The highest BCUT2D eigenvalue weighted by Gasteiger charge is 2.33. The Balaban J connectivity index is 1.41. The summed E-state index contributed by atoms with van der Waals surface area (Å²) in [4.78, 5) is 18.8. The van der Waals surface area contributed by atoms with Crippen LogP contribution < -0.4 is 4.74 Å². The van der Waals surface area contributed by atoms with Gasteiger partial charge in [-0.3, -0.25) is 4.79 Å². The van der Waals surface area contributed by atoms with Crippen molar-refractivity contribution in [2.45, 2.75) is 18.8 Å². The van der Waals surface area contributed by atoms with Crippen molar-refractivity contribution in [1.29, 1.82) is 0 Å². The Labute approximate surface area is 168 Å². The van der Waals surface area contributed by atoms with Gasteiger partial charge in [-0.2, -0.15) is 4.98 Å². The smallest absolute Gasteiger partial charge is 0.258 e. The molecule has 0 spiro atoms. The van der Waals surface area contributed by atoms with Crippen LogP contribution in [0.5, 0.6) is 5.75 Å². The van der Waals surface area contributed by atoms with Crippen LogP contribution in [-0.2, 0) is 11.2 Å². The van der Waals surface area contributed by atoms with Gasteiger partial charge < -0.3 is 14.2 Å². The Kier molecular flexibility index (Phi) is 5.30. The van der Waals surface area contributed by atoms with E-state index in [1.54, 1.807) is 7.11 Å². The number of rotatable bonds is 6. The molecule has 2 aromatic carbocycles. The lowest BCUT2D eigenvalue weighted by molar-refractivity contribution is -0.127. The van der Waals surface area contributed by atoms with Gasteiger partial charge in [0.1, 0.15) is 5.75 Å². The summed E-state index contributed by atoms with van der Waals surface area (Å²) in [5, 5.41) is 4.82. The number of carbonyl (C=O) groups is 1. The van der Waals surface area contributed by atoms with Crippen LogP contribution in [0, 0.1) is 0 Å². The molecule has 0 aliphatic carbocycles. The first-order chi connectivity index (χ1) is 13.6. The van der Waals surface area contributed by atoms with E-state index in [1.807, 2.05) is 53.4 Å². The number of hydrogen-bond acceptors (Lipinski definition) is 5. The molecule has 0 bridgehead atoms. The van der Waals surface area contributed by atoms with Crippen LogP contribution in [0.25, 0.3) is 11.5 Å². The predicted molar refractivity (Wildman–Crippen MR) is 105 cm³/mol. The molecule has 0 saturated carbocycles. The van der Waals surface area contributed by atoms with E-state index in [9.17, 15) is 4.79 Å². The average Bonchev–Trinajstić information content (AvgIpc) is 3.35. The van der Waals surface area contributed by atoms with Gasteiger partial charge in [-0.05, 0) is 42.3 Å². The Morgan fingerprint density at radius 1 is 1.25 bits per heavy atom. The number of aromatic nitrogens is 2. The minimum Gasteiger partial charge on any atom is -0.497 e. The molecule has 28 heavy (non-hydrogen) atoms. The minimum absolute atomic E-state index is 0.0548. The molecule has 1 fully saturated rings. The highest BCUT2D eigenvalue weighted by atomic mass is 35.5. The van der Waals surface area contributed by atoms with E-state index in [0.29, 0.717) is 36.2 Å². The maximum absolute atomic E-state index is 12.4. The zero-order chi connectivity index (χ0) is 19.5. The summed E-state index contributed by atoms with van der Waals surface area (Å²) >= 11 is 5.92. The molecular formula is C21H20ClN3O3. The third kappa shape index (κ3) is 4.02. The molecule has 1 aliphatic heterocycles. The van der Waals surface area contributed by atoms with Crippen molar-refractivity contribution >= 4 is 17.5 Å². The number of nitrogens with zero attached hydrogens (tertiary/aromatic N) is 3. The second-order valence-electron chi connectivity index (χ2n) is 6.81. The quantitative estimate of drug-likeness (QED) is 0.629. The van der Waals surface area contributed by atoms with Crippen molar-refractivity contribution in [3.8, 4) is 17.2 Å². The van der Waals surface area contributed by atoms with E-state index < -0.39 is 0 Å². The molecule has 1 amide bonds. The van der Waals surface area contributed by atoms with Crippen LogP contribution >= 0.6 is 11.6 Å². The van der Waals surface area contributed by atoms with Gasteiger partial charge in [0.25, 0.3) is 5.89 Å². The van der Waals surface area contributed by atoms with Crippen molar-refractivity contribution in [3.05, 3.63) is 64.9 Å². The van der Waals surface area contributed by atoms with Gasteiger partial charge in [0, 0.05) is 36.0 Å². The summed E-state index contributed by atoms with van der Waals surface area (Å²) in [6, 6.07) is 15.2. The maximum Gasteiger partial charge on any atom is 0.258 e. The number of benzene rings is 2.